The van der Waals surface area contributed by atoms with Crippen LogP contribution in [0.4, 0.5) is 0 Å². The van der Waals surface area contributed by atoms with E-state index in [0.29, 0.717) is 0 Å². The fourth-order valence-corrected chi connectivity index (χ4v) is 4.64. The lowest BCUT2D eigenvalue weighted by molar-refractivity contribution is 0.229. The van der Waals surface area contributed by atoms with Crippen molar-refractivity contribution in [3.8, 4) is 0 Å². The first-order valence-electron chi connectivity index (χ1n) is 6.81. The van der Waals surface area contributed by atoms with Crippen LogP contribution in [0.1, 0.15) is 24.1 Å². The highest BCUT2D eigenvalue weighted by Gasteiger charge is 2.09. The Hall–Kier alpha value is -0.420. The van der Waals surface area contributed by atoms with Crippen molar-refractivity contribution in [2.75, 3.05) is 26.2 Å². The third kappa shape index (κ3) is 3.12. The summed E-state index contributed by atoms with van der Waals surface area (Å²) in [5.74, 6) is 0. The van der Waals surface area contributed by atoms with Gasteiger partial charge in [-0.3, -0.25) is 0 Å². The molecule has 1 saturated heterocycles. The Kier molecular flexibility index (Phi) is 4.31. The summed E-state index contributed by atoms with van der Waals surface area (Å²) < 4.78 is 2.88. The van der Waals surface area contributed by atoms with E-state index in [4.69, 9.17) is 0 Å². The smallest absolute Gasteiger partial charge is 0.0453 e. The lowest BCUT2D eigenvalue weighted by atomic mass is 10.1. The van der Waals surface area contributed by atoms with E-state index in [1.807, 2.05) is 22.7 Å². The van der Waals surface area contributed by atoms with Gasteiger partial charge < -0.3 is 10.2 Å². The standard InChI is InChI=1S/C14H20N2S2/c1-2-6-16(7-3-1)8-5-15-11-12-10-14-13(18-12)4-9-17-14/h4,9-10,15H,1-3,5-8,11H2. The number of thiophene rings is 2. The molecule has 0 saturated carbocycles. The summed E-state index contributed by atoms with van der Waals surface area (Å²) in [6, 6.07) is 4.56. The van der Waals surface area contributed by atoms with Crippen LogP contribution >= 0.6 is 22.7 Å². The zero-order valence-electron chi connectivity index (χ0n) is 10.7. The second kappa shape index (κ2) is 6.15. The quantitative estimate of drug-likeness (QED) is 0.843. The SMILES string of the molecule is c1cc2sc(CNCCN3CCCCC3)cc2s1. The molecule has 0 bridgehead atoms. The molecule has 2 aromatic heterocycles. The fraction of sp³-hybridized carbons (Fsp3) is 0.571. The van der Waals surface area contributed by atoms with Gasteiger partial charge in [0.15, 0.2) is 0 Å². The normalized spacial score (nSPS) is 17.6. The molecule has 0 radical (unpaired) electrons. The molecule has 1 N–H and O–H groups in total. The summed E-state index contributed by atoms with van der Waals surface area (Å²) in [7, 11) is 0. The van der Waals surface area contributed by atoms with Gasteiger partial charge in [-0.1, -0.05) is 6.42 Å². The number of hydrogen-bond acceptors (Lipinski definition) is 4. The largest absolute Gasteiger partial charge is 0.311 e. The van der Waals surface area contributed by atoms with Crippen molar-refractivity contribution < 1.29 is 0 Å². The van der Waals surface area contributed by atoms with E-state index >= 15 is 0 Å². The average Bonchev–Trinajstić information content (AvgIpc) is 2.96. The summed E-state index contributed by atoms with van der Waals surface area (Å²) in [5, 5.41) is 5.75. The molecule has 0 atom stereocenters. The van der Waals surface area contributed by atoms with Gasteiger partial charge in [-0.25, -0.2) is 0 Å². The number of rotatable bonds is 5. The summed E-state index contributed by atoms with van der Waals surface area (Å²) in [6.07, 6.45) is 4.21. The van der Waals surface area contributed by atoms with Crippen LogP contribution in [0.5, 0.6) is 0 Å². The van der Waals surface area contributed by atoms with Crippen LogP contribution in [0.2, 0.25) is 0 Å². The number of hydrogen-bond donors (Lipinski definition) is 1. The molecule has 1 aliphatic heterocycles. The molecule has 2 nitrogen and oxygen atoms in total. The topological polar surface area (TPSA) is 15.3 Å². The predicted octanol–water partition coefficient (Wildman–Crippen LogP) is 3.54. The Morgan fingerprint density at radius 3 is 2.89 bits per heavy atom. The number of nitrogens with one attached hydrogen (secondary N) is 1. The predicted molar refractivity (Wildman–Crippen MR) is 81.7 cm³/mol. The minimum Gasteiger partial charge on any atom is -0.311 e. The van der Waals surface area contributed by atoms with E-state index in [1.165, 1.54) is 53.2 Å². The van der Waals surface area contributed by atoms with Gasteiger partial charge in [0, 0.05) is 33.9 Å². The molecule has 3 rings (SSSR count). The van der Waals surface area contributed by atoms with E-state index in [2.05, 4.69) is 27.7 Å². The molecule has 4 heteroatoms. The maximum atomic E-state index is 3.57. The molecule has 0 unspecified atom stereocenters. The fourth-order valence-electron chi connectivity index (χ4n) is 2.53. The van der Waals surface area contributed by atoms with Crippen LogP contribution < -0.4 is 5.32 Å². The molecule has 0 spiro atoms. The van der Waals surface area contributed by atoms with E-state index in [9.17, 15) is 0 Å². The molecule has 1 fully saturated rings. The molecule has 2 aromatic rings. The summed E-state index contributed by atoms with van der Waals surface area (Å²) in [4.78, 5) is 4.05. The molecule has 0 aromatic carbocycles. The molecule has 18 heavy (non-hydrogen) atoms. The Morgan fingerprint density at radius 2 is 2.06 bits per heavy atom. The Balaban J connectivity index is 1.40. The Bertz CT molecular complexity index is 454. The number of nitrogens with zero attached hydrogens (tertiary/aromatic N) is 1. The number of likely N-dealkylation sites (tertiary alicyclic amines) is 1. The van der Waals surface area contributed by atoms with E-state index < -0.39 is 0 Å². The first-order chi connectivity index (χ1) is 8.92. The molecule has 98 valence electrons. The highest BCUT2D eigenvalue weighted by atomic mass is 32.1. The van der Waals surface area contributed by atoms with Crippen LogP contribution in [0.15, 0.2) is 17.5 Å². The number of fused-ring (bicyclic) bond motifs is 1. The van der Waals surface area contributed by atoms with Gasteiger partial charge >= 0.3 is 0 Å². The second-order valence-corrected chi connectivity index (χ2v) is 7.06. The molecular weight excluding hydrogens is 260 g/mol. The van der Waals surface area contributed by atoms with Crippen molar-refractivity contribution >= 4 is 32.1 Å². The lowest BCUT2D eigenvalue weighted by Crippen LogP contribution is -2.35. The van der Waals surface area contributed by atoms with E-state index in [1.54, 1.807) is 0 Å². The van der Waals surface area contributed by atoms with Crippen molar-refractivity contribution in [1.82, 2.24) is 10.2 Å². The van der Waals surface area contributed by atoms with Crippen molar-refractivity contribution in [3.63, 3.8) is 0 Å². The first kappa shape index (κ1) is 12.6. The average molecular weight is 280 g/mol. The maximum Gasteiger partial charge on any atom is 0.0453 e. The van der Waals surface area contributed by atoms with E-state index in [0.717, 1.165) is 13.1 Å². The minimum atomic E-state index is 1.03. The lowest BCUT2D eigenvalue weighted by Gasteiger charge is -2.26. The van der Waals surface area contributed by atoms with Crippen molar-refractivity contribution in [3.05, 3.63) is 22.4 Å². The highest BCUT2D eigenvalue weighted by molar-refractivity contribution is 7.26. The molecule has 0 aliphatic carbocycles. The number of piperidine rings is 1. The molecule has 0 amide bonds. The molecular formula is C14H20N2S2. The zero-order valence-corrected chi connectivity index (χ0v) is 12.3. The summed E-state index contributed by atoms with van der Waals surface area (Å²) in [5.41, 5.74) is 0. The third-order valence-corrected chi connectivity index (χ3v) is 5.64. The van der Waals surface area contributed by atoms with Crippen molar-refractivity contribution in [2.45, 2.75) is 25.8 Å². The van der Waals surface area contributed by atoms with Crippen LogP contribution in [0.25, 0.3) is 9.40 Å². The van der Waals surface area contributed by atoms with Gasteiger partial charge in [-0.15, -0.1) is 22.7 Å². The summed E-state index contributed by atoms with van der Waals surface area (Å²) in [6.45, 7) is 5.96. The second-order valence-electron chi connectivity index (χ2n) is 4.94. The molecule has 3 heterocycles. The van der Waals surface area contributed by atoms with Crippen molar-refractivity contribution in [1.29, 1.82) is 0 Å². The third-order valence-electron chi connectivity index (χ3n) is 3.54. The molecule has 1 aliphatic rings. The van der Waals surface area contributed by atoms with Crippen LogP contribution in [0, 0.1) is 0 Å². The minimum absolute atomic E-state index is 1.03. The van der Waals surface area contributed by atoms with E-state index in [-0.39, 0.29) is 0 Å². The van der Waals surface area contributed by atoms with Gasteiger partial charge in [-0.2, -0.15) is 0 Å². The van der Waals surface area contributed by atoms with Crippen LogP contribution in [-0.4, -0.2) is 31.1 Å². The zero-order chi connectivity index (χ0) is 12.2. The Morgan fingerprint density at radius 1 is 1.17 bits per heavy atom. The first-order valence-corrected chi connectivity index (χ1v) is 8.50. The van der Waals surface area contributed by atoms with Gasteiger partial charge in [0.1, 0.15) is 0 Å². The monoisotopic (exact) mass is 280 g/mol. The van der Waals surface area contributed by atoms with Crippen molar-refractivity contribution in [2.24, 2.45) is 0 Å². The van der Waals surface area contributed by atoms with Gasteiger partial charge in [0.25, 0.3) is 0 Å². The van der Waals surface area contributed by atoms with Gasteiger partial charge in [0.2, 0.25) is 0 Å². The Labute approximate surface area is 117 Å². The van der Waals surface area contributed by atoms with Gasteiger partial charge in [-0.05, 0) is 43.4 Å². The summed E-state index contributed by atoms with van der Waals surface area (Å²) >= 11 is 3.77. The van der Waals surface area contributed by atoms with Crippen LogP contribution in [0.3, 0.4) is 0 Å². The van der Waals surface area contributed by atoms with Crippen LogP contribution in [-0.2, 0) is 6.54 Å². The van der Waals surface area contributed by atoms with Gasteiger partial charge in [0.05, 0.1) is 0 Å². The maximum absolute atomic E-state index is 3.57. The highest BCUT2D eigenvalue weighted by Crippen LogP contribution is 2.29.